The summed E-state index contributed by atoms with van der Waals surface area (Å²) in [4.78, 5) is 0. The summed E-state index contributed by atoms with van der Waals surface area (Å²) in [6.45, 7) is 1.94. The molecule has 1 atom stereocenters. The Balaban J connectivity index is 2.49. The molecule has 112 valence electrons. The molecule has 2 aromatic rings. The number of halogens is 4. The van der Waals surface area contributed by atoms with Crippen molar-refractivity contribution in [2.75, 3.05) is 7.05 Å². The Morgan fingerprint density at radius 1 is 1.10 bits per heavy atom. The monoisotopic (exact) mass is 357 g/mol. The summed E-state index contributed by atoms with van der Waals surface area (Å²) in [5, 5.41) is 3.09. The van der Waals surface area contributed by atoms with Gasteiger partial charge in [0.15, 0.2) is 0 Å². The van der Waals surface area contributed by atoms with E-state index in [1.54, 1.807) is 13.1 Å². The number of aryl methyl sites for hydroxylation is 1. The quantitative estimate of drug-likeness (QED) is 0.806. The number of benzene rings is 2. The second-order valence-electron chi connectivity index (χ2n) is 4.85. The van der Waals surface area contributed by atoms with Gasteiger partial charge in [0, 0.05) is 4.47 Å². The van der Waals surface area contributed by atoms with Gasteiger partial charge in [-0.3, -0.25) is 0 Å². The van der Waals surface area contributed by atoms with E-state index in [4.69, 9.17) is 0 Å². The van der Waals surface area contributed by atoms with Crippen molar-refractivity contribution < 1.29 is 13.2 Å². The van der Waals surface area contributed by atoms with Crippen LogP contribution in [-0.2, 0) is 6.18 Å². The van der Waals surface area contributed by atoms with Crippen LogP contribution in [0, 0.1) is 6.92 Å². The Hall–Kier alpha value is -1.33. The zero-order valence-corrected chi connectivity index (χ0v) is 13.2. The van der Waals surface area contributed by atoms with Crippen LogP contribution >= 0.6 is 15.9 Å². The van der Waals surface area contributed by atoms with Gasteiger partial charge in [0.25, 0.3) is 0 Å². The molecule has 1 nitrogen and oxygen atoms in total. The molecule has 0 saturated carbocycles. The fourth-order valence-corrected chi connectivity index (χ4v) is 2.70. The van der Waals surface area contributed by atoms with Gasteiger partial charge in [0.05, 0.1) is 11.6 Å². The summed E-state index contributed by atoms with van der Waals surface area (Å²) in [5.74, 6) is 0. The molecule has 21 heavy (non-hydrogen) atoms. The Kier molecular flexibility index (Phi) is 4.74. The van der Waals surface area contributed by atoms with Crippen molar-refractivity contribution in [2.45, 2.75) is 19.1 Å². The maximum atomic E-state index is 12.9. The molecule has 0 amide bonds. The highest BCUT2D eigenvalue weighted by Crippen LogP contribution is 2.33. The standard InChI is InChI=1S/C16H15BrF3N/c1-10-6-7-13(17)9-14(10)15(21-2)11-4-3-5-12(8-11)16(18,19)20/h3-9,15,21H,1-2H3. The minimum Gasteiger partial charge on any atom is -0.309 e. The van der Waals surface area contributed by atoms with Crippen LogP contribution < -0.4 is 5.32 Å². The molecule has 0 aromatic heterocycles. The van der Waals surface area contributed by atoms with Crippen LogP contribution in [-0.4, -0.2) is 7.05 Å². The highest BCUT2D eigenvalue weighted by molar-refractivity contribution is 9.10. The van der Waals surface area contributed by atoms with Crippen LogP contribution in [0.3, 0.4) is 0 Å². The lowest BCUT2D eigenvalue weighted by atomic mass is 9.94. The normalized spacial score (nSPS) is 13.2. The largest absolute Gasteiger partial charge is 0.416 e. The topological polar surface area (TPSA) is 12.0 Å². The first kappa shape index (κ1) is 16.0. The zero-order valence-electron chi connectivity index (χ0n) is 11.6. The number of nitrogens with one attached hydrogen (secondary N) is 1. The van der Waals surface area contributed by atoms with Crippen molar-refractivity contribution in [2.24, 2.45) is 0 Å². The first-order chi connectivity index (χ1) is 9.82. The lowest BCUT2D eigenvalue weighted by molar-refractivity contribution is -0.137. The molecule has 0 aliphatic carbocycles. The van der Waals surface area contributed by atoms with Crippen LogP contribution in [0.15, 0.2) is 46.9 Å². The van der Waals surface area contributed by atoms with Gasteiger partial charge in [0.1, 0.15) is 0 Å². The number of alkyl halides is 3. The average Bonchev–Trinajstić information content (AvgIpc) is 2.43. The van der Waals surface area contributed by atoms with Gasteiger partial charge in [-0.2, -0.15) is 13.2 Å². The third-order valence-corrected chi connectivity index (χ3v) is 3.88. The van der Waals surface area contributed by atoms with E-state index in [2.05, 4.69) is 21.2 Å². The third kappa shape index (κ3) is 3.66. The predicted octanol–water partition coefficient (Wildman–Crippen LogP) is 5.09. The van der Waals surface area contributed by atoms with Gasteiger partial charge in [-0.1, -0.05) is 34.1 Å². The summed E-state index contributed by atoms with van der Waals surface area (Å²) in [7, 11) is 1.74. The van der Waals surface area contributed by atoms with Crippen molar-refractivity contribution in [1.82, 2.24) is 5.32 Å². The molecule has 0 heterocycles. The first-order valence-corrected chi connectivity index (χ1v) is 7.22. The van der Waals surface area contributed by atoms with Crippen LogP contribution in [0.4, 0.5) is 13.2 Å². The second-order valence-corrected chi connectivity index (χ2v) is 5.76. The fraction of sp³-hybridized carbons (Fsp3) is 0.250. The number of hydrogen-bond acceptors (Lipinski definition) is 1. The van der Waals surface area contributed by atoms with E-state index in [0.29, 0.717) is 5.56 Å². The summed E-state index contributed by atoms with van der Waals surface area (Å²) in [6, 6.07) is 10.9. The zero-order chi connectivity index (χ0) is 15.6. The predicted molar refractivity (Wildman–Crippen MR) is 81.2 cm³/mol. The third-order valence-electron chi connectivity index (χ3n) is 3.39. The van der Waals surface area contributed by atoms with Crippen molar-refractivity contribution in [3.63, 3.8) is 0 Å². The average molecular weight is 358 g/mol. The molecule has 0 aliphatic heterocycles. The molecule has 0 radical (unpaired) electrons. The molecule has 0 aliphatic rings. The molecule has 0 saturated heterocycles. The van der Waals surface area contributed by atoms with Gasteiger partial charge in [0.2, 0.25) is 0 Å². The lowest BCUT2D eigenvalue weighted by Crippen LogP contribution is -2.19. The van der Waals surface area contributed by atoms with Crippen molar-refractivity contribution in [1.29, 1.82) is 0 Å². The Morgan fingerprint density at radius 3 is 2.43 bits per heavy atom. The first-order valence-electron chi connectivity index (χ1n) is 6.43. The van der Waals surface area contributed by atoms with Gasteiger partial charge in [-0.15, -0.1) is 0 Å². The molecule has 1 unspecified atom stereocenters. The number of rotatable bonds is 3. The van der Waals surface area contributed by atoms with Crippen LogP contribution in [0.5, 0.6) is 0 Å². The summed E-state index contributed by atoms with van der Waals surface area (Å²) < 4.78 is 39.5. The van der Waals surface area contributed by atoms with Gasteiger partial charge in [-0.25, -0.2) is 0 Å². The molecule has 0 bridgehead atoms. The van der Waals surface area contributed by atoms with E-state index in [1.165, 1.54) is 12.1 Å². The van der Waals surface area contributed by atoms with Crippen molar-refractivity contribution in [3.05, 3.63) is 69.2 Å². The minimum atomic E-state index is -4.33. The second kappa shape index (κ2) is 6.20. The van der Waals surface area contributed by atoms with Crippen molar-refractivity contribution >= 4 is 15.9 Å². The van der Waals surface area contributed by atoms with E-state index in [1.807, 2.05) is 25.1 Å². The highest BCUT2D eigenvalue weighted by Gasteiger charge is 2.31. The SMILES string of the molecule is CNC(c1cccc(C(F)(F)F)c1)c1cc(Br)ccc1C. The minimum absolute atomic E-state index is 0.287. The molecule has 2 rings (SSSR count). The fourth-order valence-electron chi connectivity index (χ4n) is 2.32. The van der Waals surface area contributed by atoms with E-state index in [-0.39, 0.29) is 6.04 Å². The highest BCUT2D eigenvalue weighted by atomic mass is 79.9. The summed E-state index contributed by atoms with van der Waals surface area (Å²) in [5.41, 5.74) is 1.93. The molecule has 2 aromatic carbocycles. The molecule has 0 spiro atoms. The Bertz CT molecular complexity index is 638. The molecular weight excluding hydrogens is 343 g/mol. The van der Waals surface area contributed by atoms with Crippen molar-refractivity contribution in [3.8, 4) is 0 Å². The lowest BCUT2D eigenvalue weighted by Gasteiger charge is -2.21. The molecule has 5 heteroatoms. The van der Waals surface area contributed by atoms with Crippen LogP contribution in [0.2, 0.25) is 0 Å². The van der Waals surface area contributed by atoms with E-state index in [9.17, 15) is 13.2 Å². The van der Waals surface area contributed by atoms with E-state index >= 15 is 0 Å². The van der Waals surface area contributed by atoms with Crippen LogP contribution in [0.1, 0.15) is 28.3 Å². The number of hydrogen-bond donors (Lipinski definition) is 1. The van der Waals surface area contributed by atoms with E-state index in [0.717, 1.165) is 21.7 Å². The maximum absolute atomic E-state index is 12.9. The Labute approximate surface area is 130 Å². The molecule has 1 N–H and O–H groups in total. The van der Waals surface area contributed by atoms with Gasteiger partial charge < -0.3 is 5.32 Å². The van der Waals surface area contributed by atoms with Gasteiger partial charge in [-0.05, 0) is 54.9 Å². The maximum Gasteiger partial charge on any atom is 0.416 e. The summed E-state index contributed by atoms with van der Waals surface area (Å²) >= 11 is 3.40. The van der Waals surface area contributed by atoms with E-state index < -0.39 is 11.7 Å². The molecule has 0 fully saturated rings. The summed E-state index contributed by atoms with van der Waals surface area (Å²) in [6.07, 6.45) is -4.33. The van der Waals surface area contributed by atoms with Gasteiger partial charge >= 0.3 is 6.18 Å². The Morgan fingerprint density at radius 2 is 1.81 bits per heavy atom. The molecular formula is C16H15BrF3N. The smallest absolute Gasteiger partial charge is 0.309 e. The van der Waals surface area contributed by atoms with Crippen LogP contribution in [0.25, 0.3) is 0 Å².